The lowest BCUT2D eigenvalue weighted by atomic mass is 10.1. The molecule has 0 aliphatic heterocycles. The Morgan fingerprint density at radius 2 is 1.56 bits per heavy atom. The van der Waals surface area contributed by atoms with Crippen molar-refractivity contribution >= 4 is 21.4 Å². The van der Waals surface area contributed by atoms with Gasteiger partial charge in [0.05, 0.1) is 5.75 Å². The summed E-state index contributed by atoms with van der Waals surface area (Å²) in [5, 5.41) is 2.66. The molecule has 0 saturated heterocycles. The first-order chi connectivity index (χ1) is 11.9. The predicted octanol–water partition coefficient (Wildman–Crippen LogP) is 1.98. The molecule has 0 atom stereocenters. The third-order valence-electron chi connectivity index (χ3n) is 3.83. The van der Waals surface area contributed by atoms with Crippen molar-refractivity contribution in [2.24, 2.45) is 0 Å². The summed E-state index contributed by atoms with van der Waals surface area (Å²) in [7, 11) is -3.38. The van der Waals surface area contributed by atoms with Crippen LogP contribution in [0.4, 0.5) is 5.69 Å². The maximum absolute atomic E-state index is 12.0. The van der Waals surface area contributed by atoms with Gasteiger partial charge in [-0.05, 0) is 42.5 Å². The lowest BCUT2D eigenvalue weighted by Crippen LogP contribution is -2.32. The largest absolute Gasteiger partial charge is 0.399 e. The van der Waals surface area contributed by atoms with Crippen LogP contribution in [-0.4, -0.2) is 32.4 Å². The van der Waals surface area contributed by atoms with Crippen molar-refractivity contribution < 1.29 is 13.2 Å². The van der Waals surface area contributed by atoms with Crippen LogP contribution in [0.1, 0.15) is 17.5 Å². The van der Waals surface area contributed by atoms with E-state index < -0.39 is 21.5 Å². The molecule has 6 heteroatoms. The van der Waals surface area contributed by atoms with Crippen LogP contribution in [0.25, 0.3) is 0 Å². The monoisotopic (exact) mass is 360 g/mol. The average Bonchev–Trinajstić information content (AvgIpc) is 2.57. The van der Waals surface area contributed by atoms with Gasteiger partial charge in [-0.25, -0.2) is 8.42 Å². The fraction of sp³-hybridized carbons (Fsp3) is 0.316. The number of amides is 1. The summed E-state index contributed by atoms with van der Waals surface area (Å²) in [4.78, 5) is 11.8. The minimum atomic E-state index is -3.38. The highest BCUT2D eigenvalue weighted by atomic mass is 32.2. The standard InChI is InChI=1S/C19H24N2O3S/c20-18-10-8-17(9-11-18)12-13-21-19(22)15-25(23,24)14-4-7-16-5-2-1-3-6-16/h1-3,5-6,8-11H,4,7,12-15,20H2,(H,21,22). The normalized spacial score (nSPS) is 11.2. The van der Waals surface area contributed by atoms with Crippen molar-refractivity contribution in [1.82, 2.24) is 5.32 Å². The first-order valence-corrected chi connectivity index (χ1v) is 10.1. The molecule has 2 aromatic rings. The number of nitrogen functional groups attached to an aromatic ring is 1. The zero-order chi connectivity index (χ0) is 18.1. The molecule has 0 aromatic heterocycles. The molecule has 0 fully saturated rings. The van der Waals surface area contributed by atoms with Gasteiger partial charge in [0.1, 0.15) is 5.75 Å². The third kappa shape index (κ3) is 7.39. The maximum atomic E-state index is 12.0. The fourth-order valence-corrected chi connectivity index (χ4v) is 3.72. The zero-order valence-electron chi connectivity index (χ0n) is 14.1. The first-order valence-electron chi connectivity index (χ1n) is 8.30. The number of hydrogen-bond acceptors (Lipinski definition) is 4. The number of rotatable bonds is 9. The topological polar surface area (TPSA) is 89.3 Å². The molecule has 5 nitrogen and oxygen atoms in total. The molecule has 0 aliphatic carbocycles. The number of benzene rings is 2. The van der Waals surface area contributed by atoms with Crippen LogP contribution in [0.3, 0.4) is 0 Å². The number of carbonyl (C=O) groups excluding carboxylic acids is 1. The summed E-state index contributed by atoms with van der Waals surface area (Å²) in [5.41, 5.74) is 8.45. The predicted molar refractivity (Wildman–Crippen MR) is 101 cm³/mol. The lowest BCUT2D eigenvalue weighted by Gasteiger charge is -2.07. The van der Waals surface area contributed by atoms with Crippen molar-refractivity contribution in [1.29, 1.82) is 0 Å². The quantitative estimate of drug-likeness (QED) is 0.669. The van der Waals surface area contributed by atoms with Gasteiger partial charge in [-0.2, -0.15) is 0 Å². The Morgan fingerprint density at radius 1 is 0.920 bits per heavy atom. The van der Waals surface area contributed by atoms with E-state index in [1.165, 1.54) is 0 Å². The molecule has 3 N–H and O–H groups in total. The molecule has 0 heterocycles. The van der Waals surface area contributed by atoms with E-state index in [1.807, 2.05) is 42.5 Å². The second kappa shape index (κ2) is 9.22. The Balaban J connectivity index is 1.68. The van der Waals surface area contributed by atoms with E-state index in [0.29, 0.717) is 31.5 Å². The van der Waals surface area contributed by atoms with Crippen LogP contribution in [0.15, 0.2) is 54.6 Å². The number of sulfone groups is 1. The molecule has 2 rings (SSSR count). The van der Waals surface area contributed by atoms with Gasteiger partial charge in [-0.1, -0.05) is 42.5 Å². The SMILES string of the molecule is Nc1ccc(CCNC(=O)CS(=O)(=O)CCCc2ccccc2)cc1. The van der Waals surface area contributed by atoms with Crippen molar-refractivity contribution in [3.05, 3.63) is 65.7 Å². The van der Waals surface area contributed by atoms with E-state index in [-0.39, 0.29) is 5.75 Å². The van der Waals surface area contributed by atoms with Gasteiger partial charge in [0, 0.05) is 12.2 Å². The van der Waals surface area contributed by atoms with Crippen LogP contribution in [0, 0.1) is 0 Å². The summed E-state index contributed by atoms with van der Waals surface area (Å²) in [5.74, 6) is -0.883. The highest BCUT2D eigenvalue weighted by molar-refractivity contribution is 7.92. The number of aryl methyl sites for hydroxylation is 1. The second-order valence-electron chi connectivity index (χ2n) is 6.02. The number of anilines is 1. The van der Waals surface area contributed by atoms with E-state index in [0.717, 1.165) is 11.1 Å². The third-order valence-corrected chi connectivity index (χ3v) is 5.44. The van der Waals surface area contributed by atoms with Crippen molar-refractivity contribution in [2.45, 2.75) is 19.3 Å². The van der Waals surface area contributed by atoms with Gasteiger partial charge in [0.25, 0.3) is 0 Å². The molecule has 0 radical (unpaired) electrons. The summed E-state index contributed by atoms with van der Waals surface area (Å²) >= 11 is 0. The summed E-state index contributed by atoms with van der Waals surface area (Å²) in [6, 6.07) is 17.1. The van der Waals surface area contributed by atoms with Crippen LogP contribution >= 0.6 is 0 Å². The number of nitrogens with two attached hydrogens (primary N) is 1. The molecular formula is C19H24N2O3S. The van der Waals surface area contributed by atoms with Gasteiger partial charge in [-0.15, -0.1) is 0 Å². The van der Waals surface area contributed by atoms with Gasteiger partial charge >= 0.3 is 0 Å². The minimum absolute atomic E-state index is 0.0211. The maximum Gasteiger partial charge on any atom is 0.235 e. The molecule has 0 aliphatic rings. The van der Waals surface area contributed by atoms with E-state index in [1.54, 1.807) is 12.1 Å². The van der Waals surface area contributed by atoms with E-state index >= 15 is 0 Å². The molecule has 0 bridgehead atoms. The number of nitrogens with one attached hydrogen (secondary N) is 1. The van der Waals surface area contributed by atoms with Crippen LogP contribution in [0.2, 0.25) is 0 Å². The highest BCUT2D eigenvalue weighted by Crippen LogP contribution is 2.06. The van der Waals surface area contributed by atoms with Crippen molar-refractivity contribution in [2.75, 3.05) is 23.8 Å². The Labute approximate surface area is 149 Å². The lowest BCUT2D eigenvalue weighted by molar-refractivity contribution is -0.118. The molecule has 0 saturated carbocycles. The second-order valence-corrected chi connectivity index (χ2v) is 8.21. The molecule has 0 spiro atoms. The van der Waals surface area contributed by atoms with Gasteiger partial charge < -0.3 is 11.1 Å². The zero-order valence-corrected chi connectivity index (χ0v) is 15.0. The minimum Gasteiger partial charge on any atom is -0.399 e. The summed E-state index contributed by atoms with van der Waals surface area (Å²) in [6.45, 7) is 0.405. The van der Waals surface area contributed by atoms with Gasteiger partial charge in [-0.3, -0.25) is 4.79 Å². The molecular weight excluding hydrogens is 336 g/mol. The van der Waals surface area contributed by atoms with Crippen molar-refractivity contribution in [3.63, 3.8) is 0 Å². The number of hydrogen-bond donors (Lipinski definition) is 2. The molecule has 25 heavy (non-hydrogen) atoms. The van der Waals surface area contributed by atoms with Gasteiger partial charge in [0.2, 0.25) is 5.91 Å². The molecule has 0 unspecified atom stereocenters. The summed E-state index contributed by atoms with van der Waals surface area (Å²) < 4.78 is 24.1. The highest BCUT2D eigenvalue weighted by Gasteiger charge is 2.16. The summed E-state index contributed by atoms with van der Waals surface area (Å²) in [6.07, 6.45) is 1.85. The van der Waals surface area contributed by atoms with Crippen LogP contribution < -0.4 is 11.1 Å². The molecule has 1 amide bonds. The Hall–Kier alpha value is -2.34. The average molecular weight is 360 g/mol. The fourth-order valence-electron chi connectivity index (χ4n) is 2.49. The van der Waals surface area contributed by atoms with Crippen LogP contribution in [0.5, 0.6) is 0 Å². The molecule has 134 valence electrons. The van der Waals surface area contributed by atoms with E-state index in [9.17, 15) is 13.2 Å². The van der Waals surface area contributed by atoms with E-state index in [2.05, 4.69) is 5.32 Å². The molecule has 2 aromatic carbocycles. The van der Waals surface area contributed by atoms with E-state index in [4.69, 9.17) is 5.73 Å². The smallest absolute Gasteiger partial charge is 0.235 e. The number of carbonyl (C=O) groups is 1. The first kappa shape index (κ1) is 19.0. The van der Waals surface area contributed by atoms with Gasteiger partial charge in [0.15, 0.2) is 9.84 Å². The van der Waals surface area contributed by atoms with Crippen LogP contribution in [-0.2, 0) is 27.5 Å². The Morgan fingerprint density at radius 3 is 2.24 bits per heavy atom. The van der Waals surface area contributed by atoms with Crippen molar-refractivity contribution in [3.8, 4) is 0 Å². The Bertz CT molecular complexity index is 772. The Kier molecular flexibility index (Phi) is 7.01.